The van der Waals surface area contributed by atoms with Crippen molar-refractivity contribution in [1.29, 1.82) is 0 Å². The number of aliphatic carboxylic acids is 1. The zero-order chi connectivity index (χ0) is 15.6. The topological polar surface area (TPSA) is 91.8 Å². The maximum absolute atomic E-state index is 11.8. The van der Waals surface area contributed by atoms with E-state index in [0.717, 1.165) is 11.8 Å². The van der Waals surface area contributed by atoms with Crippen LogP contribution in [0.25, 0.3) is 0 Å². The Morgan fingerprint density at radius 3 is 2.48 bits per heavy atom. The lowest BCUT2D eigenvalue weighted by atomic mass is 9.97. The molecule has 1 aliphatic heterocycles. The fourth-order valence-electron chi connectivity index (χ4n) is 2.33. The molecular weight excluding hydrogens is 294 g/mol. The molecule has 1 aromatic rings. The van der Waals surface area contributed by atoms with Gasteiger partial charge in [0.05, 0.1) is 10.8 Å². The van der Waals surface area contributed by atoms with Crippen LogP contribution in [-0.2, 0) is 26.0 Å². The number of piperidine rings is 1. The molecule has 0 aliphatic carbocycles. The van der Waals surface area contributed by atoms with E-state index in [-0.39, 0.29) is 23.8 Å². The van der Waals surface area contributed by atoms with E-state index in [1.54, 1.807) is 12.1 Å². The zero-order valence-corrected chi connectivity index (χ0v) is 12.5. The van der Waals surface area contributed by atoms with Crippen molar-refractivity contribution in [1.82, 2.24) is 4.90 Å². The molecule has 2 rings (SSSR count). The molecule has 0 aromatic heterocycles. The van der Waals surface area contributed by atoms with Crippen LogP contribution in [-0.4, -0.2) is 43.1 Å². The summed E-state index contributed by atoms with van der Waals surface area (Å²) in [5, 5.41) is 9.03. The van der Waals surface area contributed by atoms with Gasteiger partial charge in [-0.3, -0.25) is 9.59 Å². The quantitative estimate of drug-likeness (QED) is 0.892. The third-order valence-electron chi connectivity index (χ3n) is 3.57. The first kappa shape index (κ1) is 15.5. The SMILES string of the molecule is CS(=O)(=O)c1ccc(CN2CC(C(=O)O)CCC2=O)cc1. The molecule has 1 atom stereocenters. The lowest BCUT2D eigenvalue weighted by Gasteiger charge is -2.30. The van der Waals surface area contributed by atoms with Gasteiger partial charge in [0.1, 0.15) is 0 Å². The van der Waals surface area contributed by atoms with E-state index >= 15 is 0 Å². The second kappa shape index (κ2) is 5.85. The highest BCUT2D eigenvalue weighted by Crippen LogP contribution is 2.20. The van der Waals surface area contributed by atoms with Crippen molar-refractivity contribution < 1.29 is 23.1 Å². The number of rotatable bonds is 4. The predicted molar refractivity (Wildman–Crippen MR) is 75.3 cm³/mol. The van der Waals surface area contributed by atoms with Gasteiger partial charge in [-0.25, -0.2) is 8.42 Å². The van der Waals surface area contributed by atoms with E-state index < -0.39 is 21.7 Å². The molecule has 0 saturated carbocycles. The Hall–Kier alpha value is -1.89. The van der Waals surface area contributed by atoms with Crippen LogP contribution < -0.4 is 0 Å². The average Bonchev–Trinajstić information content (AvgIpc) is 2.40. The predicted octanol–water partition coefficient (Wildman–Crippen LogP) is 0.913. The maximum Gasteiger partial charge on any atom is 0.308 e. The molecule has 0 bridgehead atoms. The molecule has 1 aliphatic rings. The number of likely N-dealkylation sites (tertiary alicyclic amines) is 1. The molecule has 1 heterocycles. The standard InChI is InChI=1S/C14H17NO5S/c1-21(19,20)12-5-2-10(3-6-12)8-15-9-11(14(17)18)4-7-13(15)16/h2-3,5-6,11H,4,7-9H2,1H3,(H,17,18). The van der Waals surface area contributed by atoms with Gasteiger partial charge in [0, 0.05) is 25.8 Å². The molecule has 0 spiro atoms. The summed E-state index contributed by atoms with van der Waals surface area (Å²) in [5.74, 6) is -1.49. The maximum atomic E-state index is 11.8. The van der Waals surface area contributed by atoms with Crippen molar-refractivity contribution in [3.05, 3.63) is 29.8 Å². The number of sulfone groups is 1. The summed E-state index contributed by atoms with van der Waals surface area (Å²) in [6.45, 7) is 0.495. The monoisotopic (exact) mass is 311 g/mol. The first-order valence-corrected chi connectivity index (χ1v) is 8.46. The van der Waals surface area contributed by atoms with E-state index in [2.05, 4.69) is 0 Å². The second-order valence-electron chi connectivity index (χ2n) is 5.26. The minimum Gasteiger partial charge on any atom is -0.481 e. The van der Waals surface area contributed by atoms with Gasteiger partial charge in [-0.05, 0) is 24.1 Å². The number of carbonyl (C=O) groups excluding carboxylic acids is 1. The van der Waals surface area contributed by atoms with Gasteiger partial charge in [0.25, 0.3) is 0 Å². The molecular formula is C14H17NO5S. The molecule has 1 saturated heterocycles. The largest absolute Gasteiger partial charge is 0.481 e. The summed E-state index contributed by atoms with van der Waals surface area (Å²) in [4.78, 5) is 24.6. The van der Waals surface area contributed by atoms with Crippen LogP contribution in [0.5, 0.6) is 0 Å². The molecule has 1 aromatic carbocycles. The number of amides is 1. The van der Waals surface area contributed by atoms with E-state index in [1.807, 2.05) is 0 Å². The minimum atomic E-state index is -3.24. The molecule has 21 heavy (non-hydrogen) atoms. The highest BCUT2D eigenvalue weighted by molar-refractivity contribution is 7.90. The number of hydrogen-bond donors (Lipinski definition) is 1. The van der Waals surface area contributed by atoms with E-state index in [4.69, 9.17) is 5.11 Å². The van der Waals surface area contributed by atoms with Crippen molar-refractivity contribution in [2.45, 2.75) is 24.3 Å². The minimum absolute atomic E-state index is 0.0697. The fourth-order valence-corrected chi connectivity index (χ4v) is 2.96. The fraction of sp³-hybridized carbons (Fsp3) is 0.429. The summed E-state index contributed by atoms with van der Waals surface area (Å²) in [7, 11) is -3.24. The molecule has 1 fully saturated rings. The summed E-state index contributed by atoms with van der Waals surface area (Å²) in [6.07, 6.45) is 1.74. The second-order valence-corrected chi connectivity index (χ2v) is 7.28. The lowest BCUT2D eigenvalue weighted by molar-refractivity contribution is -0.147. The number of carboxylic acid groups (broad SMARTS) is 1. The smallest absolute Gasteiger partial charge is 0.308 e. The van der Waals surface area contributed by atoms with Gasteiger partial charge in [0.15, 0.2) is 9.84 Å². The molecule has 6 nitrogen and oxygen atoms in total. The van der Waals surface area contributed by atoms with Crippen LogP contribution in [0.4, 0.5) is 0 Å². The van der Waals surface area contributed by atoms with Gasteiger partial charge in [-0.15, -0.1) is 0 Å². The Morgan fingerprint density at radius 1 is 1.33 bits per heavy atom. The van der Waals surface area contributed by atoms with Crippen LogP contribution in [0.1, 0.15) is 18.4 Å². The van der Waals surface area contributed by atoms with E-state index in [9.17, 15) is 18.0 Å². The van der Waals surface area contributed by atoms with E-state index in [0.29, 0.717) is 13.0 Å². The van der Waals surface area contributed by atoms with Crippen molar-refractivity contribution >= 4 is 21.7 Å². The molecule has 1 unspecified atom stereocenters. The van der Waals surface area contributed by atoms with Crippen molar-refractivity contribution in [2.24, 2.45) is 5.92 Å². The van der Waals surface area contributed by atoms with Crippen LogP contribution in [0.3, 0.4) is 0 Å². The van der Waals surface area contributed by atoms with Gasteiger partial charge in [-0.1, -0.05) is 12.1 Å². The highest BCUT2D eigenvalue weighted by Gasteiger charge is 2.29. The molecule has 1 N–H and O–H groups in total. The summed E-state index contributed by atoms with van der Waals surface area (Å²) < 4.78 is 22.7. The van der Waals surface area contributed by atoms with Crippen LogP contribution in [0.15, 0.2) is 29.2 Å². The molecule has 0 radical (unpaired) electrons. The number of carbonyl (C=O) groups is 2. The summed E-state index contributed by atoms with van der Waals surface area (Å²) >= 11 is 0. The van der Waals surface area contributed by atoms with Crippen LogP contribution >= 0.6 is 0 Å². The van der Waals surface area contributed by atoms with E-state index in [1.165, 1.54) is 17.0 Å². The highest BCUT2D eigenvalue weighted by atomic mass is 32.2. The Morgan fingerprint density at radius 2 is 1.95 bits per heavy atom. The van der Waals surface area contributed by atoms with Crippen LogP contribution in [0.2, 0.25) is 0 Å². The third kappa shape index (κ3) is 3.81. The first-order chi connectivity index (χ1) is 9.77. The average molecular weight is 311 g/mol. The Labute approximate surface area is 123 Å². The molecule has 1 amide bonds. The molecule has 7 heteroatoms. The normalized spacial score (nSPS) is 19.6. The first-order valence-electron chi connectivity index (χ1n) is 6.57. The van der Waals surface area contributed by atoms with Crippen molar-refractivity contribution in [2.75, 3.05) is 12.8 Å². The Bertz CT molecular complexity index is 650. The lowest BCUT2D eigenvalue weighted by Crippen LogP contribution is -2.42. The van der Waals surface area contributed by atoms with Crippen molar-refractivity contribution in [3.63, 3.8) is 0 Å². The van der Waals surface area contributed by atoms with Gasteiger partial charge >= 0.3 is 5.97 Å². The van der Waals surface area contributed by atoms with Crippen LogP contribution in [0, 0.1) is 5.92 Å². The van der Waals surface area contributed by atoms with Gasteiger partial charge in [-0.2, -0.15) is 0 Å². The van der Waals surface area contributed by atoms with Gasteiger partial charge < -0.3 is 10.0 Å². The Kier molecular flexibility index (Phi) is 4.32. The molecule has 114 valence electrons. The summed E-state index contributed by atoms with van der Waals surface area (Å²) in [5.41, 5.74) is 0.779. The number of nitrogens with zero attached hydrogens (tertiary/aromatic N) is 1. The van der Waals surface area contributed by atoms with Crippen molar-refractivity contribution in [3.8, 4) is 0 Å². The Balaban J connectivity index is 2.10. The van der Waals surface area contributed by atoms with Gasteiger partial charge in [0.2, 0.25) is 5.91 Å². The third-order valence-corrected chi connectivity index (χ3v) is 4.70. The number of carboxylic acids is 1. The summed E-state index contributed by atoms with van der Waals surface area (Å²) in [6, 6.07) is 6.28. The number of hydrogen-bond acceptors (Lipinski definition) is 4. The number of benzene rings is 1. The zero-order valence-electron chi connectivity index (χ0n) is 11.7.